The summed E-state index contributed by atoms with van der Waals surface area (Å²) in [7, 11) is 1.56. The van der Waals surface area contributed by atoms with Gasteiger partial charge in [-0.1, -0.05) is 31.4 Å². The first-order valence-electron chi connectivity index (χ1n) is 12.4. The number of nitrogens with zero attached hydrogens (tertiary/aromatic N) is 1. The van der Waals surface area contributed by atoms with Crippen molar-refractivity contribution in [1.82, 2.24) is 10.2 Å². The van der Waals surface area contributed by atoms with Crippen molar-refractivity contribution in [2.75, 3.05) is 33.4 Å². The Bertz CT molecular complexity index is 873. The van der Waals surface area contributed by atoms with Crippen LogP contribution >= 0.6 is 22.6 Å². The molecule has 0 radical (unpaired) electrons. The molecule has 8 nitrogen and oxygen atoms in total. The number of rotatable bonds is 11. The van der Waals surface area contributed by atoms with Crippen molar-refractivity contribution in [3.63, 3.8) is 0 Å². The zero-order chi connectivity index (χ0) is 25.2. The van der Waals surface area contributed by atoms with Crippen LogP contribution in [0.5, 0.6) is 5.75 Å². The number of ether oxygens (including phenoxy) is 2. The number of benzene rings is 1. The fraction of sp³-hybridized carbons (Fsp3) is 0.615. The molecule has 1 fully saturated rings. The Morgan fingerprint density at radius 3 is 2.63 bits per heavy atom. The molecule has 0 heterocycles. The summed E-state index contributed by atoms with van der Waals surface area (Å²) in [6, 6.07) is 6.88. The van der Waals surface area contributed by atoms with E-state index < -0.39 is 18.2 Å². The number of para-hydroxylation sites is 1. The normalized spacial score (nSPS) is 22.9. The Labute approximate surface area is 221 Å². The van der Waals surface area contributed by atoms with E-state index in [9.17, 15) is 14.7 Å². The van der Waals surface area contributed by atoms with Crippen molar-refractivity contribution in [2.45, 2.75) is 63.2 Å². The summed E-state index contributed by atoms with van der Waals surface area (Å²) in [4.78, 5) is 28.0. The topological polar surface area (TPSA) is 108 Å². The van der Waals surface area contributed by atoms with Gasteiger partial charge < -0.3 is 29.9 Å². The average Bonchev–Trinajstić information content (AvgIpc) is 2.87. The van der Waals surface area contributed by atoms with Crippen LogP contribution in [-0.2, 0) is 14.3 Å². The van der Waals surface area contributed by atoms with Crippen LogP contribution in [0.1, 0.15) is 44.9 Å². The number of aliphatic hydroxyl groups is 2. The molecule has 194 valence electrons. The molecule has 1 aromatic carbocycles. The summed E-state index contributed by atoms with van der Waals surface area (Å²) in [6.45, 7) is 0.802. The van der Waals surface area contributed by atoms with Crippen LogP contribution in [0.3, 0.4) is 0 Å². The smallest absolute Gasteiger partial charge is 0.247 e. The molecular weight excluding hydrogens is 563 g/mol. The molecule has 3 N–H and O–H groups in total. The van der Waals surface area contributed by atoms with Crippen LogP contribution in [0.2, 0.25) is 0 Å². The predicted octanol–water partition coefficient (Wildman–Crippen LogP) is 2.65. The first-order valence-corrected chi connectivity index (χ1v) is 13.5. The van der Waals surface area contributed by atoms with E-state index in [1.807, 2.05) is 24.3 Å². The Balaban J connectivity index is 1.90. The van der Waals surface area contributed by atoms with E-state index in [4.69, 9.17) is 14.6 Å². The predicted molar refractivity (Wildman–Crippen MR) is 141 cm³/mol. The van der Waals surface area contributed by atoms with Crippen LogP contribution in [-0.4, -0.2) is 78.6 Å². The maximum absolute atomic E-state index is 13.3. The molecule has 0 bridgehead atoms. The van der Waals surface area contributed by atoms with Gasteiger partial charge in [0.25, 0.3) is 0 Å². The maximum atomic E-state index is 13.3. The van der Waals surface area contributed by atoms with E-state index in [1.165, 1.54) is 6.42 Å². The fourth-order valence-corrected chi connectivity index (χ4v) is 5.38. The average molecular weight is 600 g/mol. The fourth-order valence-electron chi connectivity index (χ4n) is 4.87. The van der Waals surface area contributed by atoms with E-state index in [1.54, 1.807) is 18.1 Å². The summed E-state index contributed by atoms with van der Waals surface area (Å²) in [5, 5.41) is 23.3. The minimum atomic E-state index is -1.00. The number of carbonyl (C=O) groups is 2. The molecule has 35 heavy (non-hydrogen) atoms. The molecule has 3 atom stereocenters. The van der Waals surface area contributed by atoms with Crippen molar-refractivity contribution in [3.05, 3.63) is 39.5 Å². The summed E-state index contributed by atoms with van der Waals surface area (Å²) >= 11 is 2.17. The van der Waals surface area contributed by atoms with Crippen molar-refractivity contribution in [2.24, 2.45) is 5.92 Å². The number of amides is 2. The number of hydrogen-bond acceptors (Lipinski definition) is 6. The van der Waals surface area contributed by atoms with Crippen molar-refractivity contribution < 1.29 is 29.3 Å². The third kappa shape index (κ3) is 7.90. The number of hydrogen-bond donors (Lipinski definition) is 3. The summed E-state index contributed by atoms with van der Waals surface area (Å²) in [5.74, 6) is 0.559. The summed E-state index contributed by atoms with van der Waals surface area (Å²) < 4.78 is 12.2. The number of methoxy groups -OCH3 is 1. The lowest BCUT2D eigenvalue weighted by atomic mass is 9.85. The Morgan fingerprint density at radius 2 is 1.94 bits per heavy atom. The van der Waals surface area contributed by atoms with Gasteiger partial charge in [-0.25, -0.2) is 0 Å². The minimum absolute atomic E-state index is 0.0912. The van der Waals surface area contributed by atoms with Gasteiger partial charge in [0.05, 0.1) is 29.2 Å². The molecular formula is C26H37IN2O6. The highest BCUT2D eigenvalue weighted by molar-refractivity contribution is 14.1. The summed E-state index contributed by atoms with van der Waals surface area (Å²) in [6.07, 6.45) is 5.88. The Hall–Kier alpha value is -1.69. The van der Waals surface area contributed by atoms with Crippen molar-refractivity contribution in [3.8, 4) is 5.75 Å². The molecule has 9 heteroatoms. The van der Waals surface area contributed by atoms with Gasteiger partial charge in [0.15, 0.2) is 0 Å². The van der Waals surface area contributed by atoms with E-state index >= 15 is 0 Å². The van der Waals surface area contributed by atoms with Gasteiger partial charge in [-0.15, -0.1) is 0 Å². The highest BCUT2D eigenvalue weighted by Crippen LogP contribution is 2.32. The van der Waals surface area contributed by atoms with Crippen LogP contribution in [0.4, 0.5) is 0 Å². The molecule has 2 amide bonds. The number of halogens is 1. The first-order chi connectivity index (χ1) is 16.9. The molecule has 3 rings (SSSR count). The van der Waals surface area contributed by atoms with Gasteiger partial charge in [-0.2, -0.15) is 0 Å². The lowest BCUT2D eigenvalue weighted by molar-refractivity contribution is -0.140. The summed E-state index contributed by atoms with van der Waals surface area (Å²) in [5.41, 5.74) is 0.442. The van der Waals surface area contributed by atoms with Gasteiger partial charge in [0, 0.05) is 32.2 Å². The van der Waals surface area contributed by atoms with Crippen LogP contribution in [0.15, 0.2) is 35.9 Å². The van der Waals surface area contributed by atoms with Crippen molar-refractivity contribution in [1.29, 1.82) is 0 Å². The second-order valence-corrected chi connectivity index (χ2v) is 10.4. The molecule has 0 unspecified atom stereocenters. The largest absolute Gasteiger partial charge is 0.482 e. The maximum Gasteiger partial charge on any atom is 0.247 e. The quantitative estimate of drug-likeness (QED) is 0.338. The molecule has 0 aliphatic heterocycles. The van der Waals surface area contributed by atoms with E-state index in [0.717, 1.165) is 29.3 Å². The van der Waals surface area contributed by atoms with Crippen LogP contribution in [0.25, 0.3) is 0 Å². The van der Waals surface area contributed by atoms with Gasteiger partial charge in [-0.3, -0.25) is 9.59 Å². The van der Waals surface area contributed by atoms with Gasteiger partial charge >= 0.3 is 0 Å². The Morgan fingerprint density at radius 1 is 1.20 bits per heavy atom. The zero-order valence-electron chi connectivity index (χ0n) is 20.3. The molecule has 0 saturated heterocycles. The van der Waals surface area contributed by atoms with Crippen LogP contribution < -0.4 is 10.1 Å². The molecule has 0 aromatic heterocycles. The third-order valence-corrected chi connectivity index (χ3v) is 7.63. The number of carbonyl (C=O) groups excluding carboxylic acids is 2. The SMILES string of the molecule is COCCC(=O)N(CC1CCCCC1)[C@@H]1CC(C(=O)NCCO)=C[C@H](Oc2ccccc2I)[C@H]1O. The van der Waals surface area contributed by atoms with E-state index in [0.29, 0.717) is 30.4 Å². The lowest BCUT2D eigenvalue weighted by Gasteiger charge is -2.42. The van der Waals surface area contributed by atoms with Crippen molar-refractivity contribution >= 4 is 34.4 Å². The monoisotopic (exact) mass is 600 g/mol. The van der Waals surface area contributed by atoms with Gasteiger partial charge in [0.2, 0.25) is 11.8 Å². The third-order valence-electron chi connectivity index (χ3n) is 6.73. The zero-order valence-corrected chi connectivity index (χ0v) is 22.5. The second kappa shape index (κ2) is 14.2. The lowest BCUT2D eigenvalue weighted by Crippen LogP contribution is -2.56. The minimum Gasteiger partial charge on any atom is -0.482 e. The molecule has 1 aromatic rings. The molecule has 2 aliphatic carbocycles. The molecule has 1 saturated carbocycles. The van der Waals surface area contributed by atoms with E-state index in [-0.39, 0.29) is 37.8 Å². The first kappa shape index (κ1) is 27.9. The van der Waals surface area contributed by atoms with Crippen LogP contribution in [0, 0.1) is 9.49 Å². The Kier molecular flexibility index (Phi) is 11.3. The standard InChI is InChI=1S/C26H37IN2O6/c1-34-14-11-24(31)29(17-18-7-3-2-4-8-18)21-15-19(26(33)28-12-13-30)16-23(25(21)32)35-22-10-6-5-9-20(22)27/h5-6,9-10,16,18,21,23,25,30,32H,2-4,7-8,11-15,17H2,1H3,(H,28,33)/t21-,23+,25+/m1/s1. The highest BCUT2D eigenvalue weighted by Gasteiger charge is 2.41. The van der Waals surface area contributed by atoms with E-state index in [2.05, 4.69) is 27.9 Å². The van der Waals surface area contributed by atoms with Gasteiger partial charge in [-0.05, 0) is 59.6 Å². The van der Waals surface area contributed by atoms with Gasteiger partial charge in [0.1, 0.15) is 18.0 Å². The number of aliphatic hydroxyl groups excluding tert-OH is 2. The molecule has 2 aliphatic rings. The highest BCUT2D eigenvalue weighted by atomic mass is 127. The number of nitrogens with one attached hydrogen (secondary N) is 1. The second-order valence-electron chi connectivity index (χ2n) is 9.24. The molecule has 0 spiro atoms.